The van der Waals surface area contributed by atoms with Crippen LogP contribution in [0.1, 0.15) is 36.0 Å². The summed E-state index contributed by atoms with van der Waals surface area (Å²) in [5, 5.41) is 7.48. The number of nitrogens with zero attached hydrogens (tertiary/aromatic N) is 4. The van der Waals surface area contributed by atoms with Crippen LogP contribution in [0.15, 0.2) is 18.5 Å². The number of ether oxygens (including phenoxy) is 1. The number of carbonyl (C=O) groups is 2. The lowest BCUT2D eigenvalue weighted by Crippen LogP contribution is -2.59. The first-order chi connectivity index (χ1) is 11.7. The minimum Gasteiger partial charge on any atom is -0.363 e. The van der Waals surface area contributed by atoms with Gasteiger partial charge in [0.2, 0.25) is 5.91 Å². The van der Waals surface area contributed by atoms with Crippen molar-refractivity contribution in [2.24, 2.45) is 5.92 Å². The average Bonchev–Trinajstić information content (AvgIpc) is 3.43. The number of likely N-dealkylation sites (tertiary alicyclic amines) is 1. The van der Waals surface area contributed by atoms with Crippen LogP contribution in [0.5, 0.6) is 0 Å². The summed E-state index contributed by atoms with van der Waals surface area (Å²) < 4.78 is 5.93. The van der Waals surface area contributed by atoms with E-state index in [1.165, 1.54) is 25.2 Å². The molecule has 7 nitrogen and oxygen atoms in total. The topological polar surface area (TPSA) is 75.6 Å². The Hall–Kier alpha value is -2.02. The van der Waals surface area contributed by atoms with E-state index in [1.807, 2.05) is 9.80 Å². The molecule has 1 aliphatic carbocycles. The van der Waals surface area contributed by atoms with Gasteiger partial charge in [0.1, 0.15) is 6.61 Å². The second kappa shape index (κ2) is 6.12. The minimum absolute atomic E-state index is 0.0125. The molecule has 2 amide bonds. The predicted octanol–water partition coefficient (Wildman–Crippen LogP) is 0.720. The molecule has 3 fully saturated rings. The fraction of sp³-hybridized carbons (Fsp3) is 0.647. The van der Waals surface area contributed by atoms with Gasteiger partial charge < -0.3 is 14.5 Å². The van der Waals surface area contributed by atoms with Crippen LogP contribution in [-0.2, 0) is 9.53 Å². The molecule has 1 saturated carbocycles. The molecule has 2 saturated heterocycles. The van der Waals surface area contributed by atoms with Gasteiger partial charge in [-0.15, -0.1) is 0 Å². The summed E-state index contributed by atoms with van der Waals surface area (Å²) >= 11 is 0. The number of hydrogen-bond acceptors (Lipinski definition) is 5. The Balaban J connectivity index is 1.38. The van der Waals surface area contributed by atoms with Crippen molar-refractivity contribution >= 4 is 11.8 Å². The van der Waals surface area contributed by atoms with E-state index < -0.39 is 0 Å². The van der Waals surface area contributed by atoms with Crippen LogP contribution < -0.4 is 0 Å². The zero-order valence-corrected chi connectivity index (χ0v) is 13.7. The molecule has 0 unspecified atom stereocenters. The molecule has 0 aromatic carbocycles. The minimum atomic E-state index is -0.282. The molecule has 7 heteroatoms. The molecule has 4 rings (SSSR count). The standard InChI is InChI=1S/C17H22N4O3/c22-15-11-24-17(12-21(15)10-13-1-2-13)4-7-20(8-5-17)16(23)14-3-6-18-19-9-14/h3,6,9,13H,1-2,4-5,7-8,10-12H2. The molecule has 3 heterocycles. The molecule has 2 aliphatic heterocycles. The molecule has 0 atom stereocenters. The van der Waals surface area contributed by atoms with Crippen molar-refractivity contribution in [3.05, 3.63) is 24.0 Å². The SMILES string of the molecule is O=C1COC2(CCN(C(=O)c3ccnnc3)CC2)CN1CC1CC1. The quantitative estimate of drug-likeness (QED) is 0.816. The van der Waals surface area contributed by atoms with E-state index in [-0.39, 0.29) is 24.0 Å². The number of hydrogen-bond donors (Lipinski definition) is 0. The Morgan fingerprint density at radius 3 is 2.75 bits per heavy atom. The maximum Gasteiger partial charge on any atom is 0.255 e. The summed E-state index contributed by atoms with van der Waals surface area (Å²) in [6.45, 7) is 3.00. The van der Waals surface area contributed by atoms with Crippen LogP contribution in [0, 0.1) is 5.92 Å². The normalized spacial score (nSPS) is 23.6. The van der Waals surface area contributed by atoms with Crippen LogP contribution in [0.2, 0.25) is 0 Å². The molecule has 1 aromatic heterocycles. The molecule has 1 spiro atoms. The lowest BCUT2D eigenvalue weighted by atomic mass is 9.89. The molecule has 0 radical (unpaired) electrons. The molecular weight excluding hydrogens is 308 g/mol. The van der Waals surface area contributed by atoms with Gasteiger partial charge in [-0.3, -0.25) is 9.59 Å². The van der Waals surface area contributed by atoms with Gasteiger partial charge in [0.05, 0.1) is 23.6 Å². The molecule has 3 aliphatic rings. The monoisotopic (exact) mass is 330 g/mol. The van der Waals surface area contributed by atoms with Gasteiger partial charge in [-0.05, 0) is 37.7 Å². The van der Waals surface area contributed by atoms with Gasteiger partial charge >= 0.3 is 0 Å². The van der Waals surface area contributed by atoms with Crippen LogP contribution in [-0.4, -0.2) is 70.2 Å². The third-order valence-electron chi connectivity index (χ3n) is 5.30. The first-order valence-corrected chi connectivity index (χ1v) is 8.63. The first kappa shape index (κ1) is 15.5. The molecule has 1 aromatic rings. The van der Waals surface area contributed by atoms with Gasteiger partial charge in [-0.2, -0.15) is 10.2 Å². The van der Waals surface area contributed by atoms with Crippen molar-refractivity contribution in [2.75, 3.05) is 32.8 Å². The molecule has 0 bridgehead atoms. The van der Waals surface area contributed by atoms with Crippen LogP contribution in [0.25, 0.3) is 0 Å². The first-order valence-electron chi connectivity index (χ1n) is 8.63. The fourth-order valence-electron chi connectivity index (χ4n) is 3.59. The summed E-state index contributed by atoms with van der Waals surface area (Å²) in [6.07, 6.45) is 7.04. The third-order valence-corrected chi connectivity index (χ3v) is 5.30. The van der Waals surface area contributed by atoms with Crippen LogP contribution in [0.4, 0.5) is 0 Å². The number of piperidine rings is 1. The van der Waals surface area contributed by atoms with Crippen molar-refractivity contribution in [3.8, 4) is 0 Å². The number of aromatic nitrogens is 2. The lowest BCUT2D eigenvalue weighted by Gasteiger charge is -2.47. The third kappa shape index (κ3) is 3.13. The fourth-order valence-corrected chi connectivity index (χ4v) is 3.59. The van der Waals surface area contributed by atoms with Gasteiger partial charge in [0, 0.05) is 26.2 Å². The Morgan fingerprint density at radius 2 is 2.08 bits per heavy atom. The summed E-state index contributed by atoms with van der Waals surface area (Å²) in [7, 11) is 0. The summed E-state index contributed by atoms with van der Waals surface area (Å²) in [6, 6.07) is 1.69. The molecule has 128 valence electrons. The van der Waals surface area contributed by atoms with Gasteiger partial charge in [0.15, 0.2) is 0 Å². The lowest BCUT2D eigenvalue weighted by molar-refractivity contribution is -0.170. The van der Waals surface area contributed by atoms with E-state index in [0.717, 1.165) is 19.4 Å². The maximum absolute atomic E-state index is 12.5. The predicted molar refractivity (Wildman–Crippen MR) is 85.2 cm³/mol. The largest absolute Gasteiger partial charge is 0.363 e. The van der Waals surface area contributed by atoms with E-state index >= 15 is 0 Å². The van der Waals surface area contributed by atoms with Crippen molar-refractivity contribution in [1.82, 2.24) is 20.0 Å². The highest BCUT2D eigenvalue weighted by Gasteiger charge is 2.44. The molecular formula is C17H22N4O3. The smallest absolute Gasteiger partial charge is 0.255 e. The summed E-state index contributed by atoms with van der Waals surface area (Å²) in [5.74, 6) is 0.778. The van der Waals surface area contributed by atoms with Gasteiger partial charge in [-0.1, -0.05) is 0 Å². The van der Waals surface area contributed by atoms with E-state index in [9.17, 15) is 9.59 Å². The van der Waals surface area contributed by atoms with Gasteiger partial charge in [-0.25, -0.2) is 0 Å². The summed E-state index contributed by atoms with van der Waals surface area (Å²) in [5.41, 5.74) is 0.284. The Morgan fingerprint density at radius 1 is 1.29 bits per heavy atom. The van der Waals surface area contributed by atoms with E-state index in [0.29, 0.717) is 31.1 Å². The Labute approximate surface area is 141 Å². The van der Waals surface area contributed by atoms with Crippen molar-refractivity contribution in [2.45, 2.75) is 31.3 Å². The van der Waals surface area contributed by atoms with E-state index in [1.54, 1.807) is 6.07 Å². The highest BCUT2D eigenvalue weighted by atomic mass is 16.5. The Kier molecular flexibility index (Phi) is 3.96. The van der Waals surface area contributed by atoms with E-state index in [4.69, 9.17) is 4.74 Å². The Bertz CT molecular complexity index is 624. The number of morpholine rings is 1. The van der Waals surface area contributed by atoms with Crippen molar-refractivity contribution < 1.29 is 14.3 Å². The van der Waals surface area contributed by atoms with Crippen molar-refractivity contribution in [1.29, 1.82) is 0 Å². The molecule has 0 N–H and O–H groups in total. The van der Waals surface area contributed by atoms with E-state index in [2.05, 4.69) is 10.2 Å². The number of carbonyl (C=O) groups excluding carboxylic acids is 2. The number of rotatable bonds is 3. The van der Waals surface area contributed by atoms with Crippen LogP contribution >= 0.6 is 0 Å². The maximum atomic E-state index is 12.5. The second-order valence-corrected chi connectivity index (χ2v) is 7.11. The zero-order chi connectivity index (χ0) is 16.6. The highest BCUT2D eigenvalue weighted by Crippen LogP contribution is 2.34. The van der Waals surface area contributed by atoms with Crippen LogP contribution in [0.3, 0.4) is 0 Å². The zero-order valence-electron chi connectivity index (χ0n) is 13.7. The number of amides is 2. The second-order valence-electron chi connectivity index (χ2n) is 7.11. The highest BCUT2D eigenvalue weighted by molar-refractivity contribution is 5.93. The summed E-state index contributed by atoms with van der Waals surface area (Å²) in [4.78, 5) is 28.4. The van der Waals surface area contributed by atoms with Gasteiger partial charge in [0.25, 0.3) is 5.91 Å². The molecule has 24 heavy (non-hydrogen) atoms. The average molecular weight is 330 g/mol. The van der Waals surface area contributed by atoms with Crippen molar-refractivity contribution in [3.63, 3.8) is 0 Å².